The number of unbranched alkanes of at least 4 members (excludes halogenated alkanes) is 49. The molecule has 0 bridgehead atoms. The summed E-state index contributed by atoms with van der Waals surface area (Å²) in [4.78, 5) is 72.5. The molecule has 19 heteroatoms. The highest BCUT2D eigenvalue weighted by Crippen LogP contribution is 2.45. The number of phosphoric ester groups is 2. The number of hydrogen-bond donors (Lipinski definition) is 3. The molecule has 0 aromatic heterocycles. The highest BCUT2D eigenvalue weighted by Gasteiger charge is 2.30. The van der Waals surface area contributed by atoms with Crippen molar-refractivity contribution in [3.8, 4) is 0 Å². The van der Waals surface area contributed by atoms with Gasteiger partial charge in [0.1, 0.15) is 19.3 Å². The summed E-state index contributed by atoms with van der Waals surface area (Å²) in [6.45, 7) is 7.23. The van der Waals surface area contributed by atoms with Crippen LogP contribution in [0.4, 0.5) is 0 Å². The number of hydrogen-bond acceptors (Lipinski definition) is 15. The van der Waals surface area contributed by atoms with Gasteiger partial charge in [-0.05, 0) is 31.6 Å². The van der Waals surface area contributed by atoms with Crippen molar-refractivity contribution in [2.45, 2.75) is 425 Å². The lowest BCUT2D eigenvalue weighted by atomic mass is 10.0. The second-order valence-corrected chi connectivity index (χ2v) is 31.1. The normalized spacial score (nSPS) is 13.9. The Hall–Kier alpha value is -1.94. The number of rotatable bonds is 77. The number of esters is 4. The van der Waals surface area contributed by atoms with E-state index in [1.54, 1.807) is 0 Å². The van der Waals surface area contributed by atoms with Crippen LogP contribution in [0, 0.1) is 5.92 Å². The van der Waals surface area contributed by atoms with Gasteiger partial charge in [0, 0.05) is 25.7 Å². The van der Waals surface area contributed by atoms with Gasteiger partial charge in [0.05, 0.1) is 26.4 Å². The molecule has 2 unspecified atom stereocenters. The minimum atomic E-state index is -4.96. The predicted molar refractivity (Wildman–Crippen MR) is 391 cm³/mol. The number of carbonyl (C=O) groups excluding carboxylic acids is 4. The molecular formula is C77H150O17P2. The van der Waals surface area contributed by atoms with Crippen LogP contribution in [0.5, 0.6) is 0 Å². The number of phosphoric acid groups is 2. The molecule has 0 aromatic carbocycles. The Labute approximate surface area is 588 Å². The largest absolute Gasteiger partial charge is 0.472 e. The van der Waals surface area contributed by atoms with E-state index < -0.39 is 97.5 Å². The predicted octanol–water partition coefficient (Wildman–Crippen LogP) is 22.9. The van der Waals surface area contributed by atoms with E-state index in [4.69, 9.17) is 37.0 Å². The molecular weight excluding hydrogens is 1260 g/mol. The Morgan fingerprint density at radius 3 is 0.708 bits per heavy atom. The van der Waals surface area contributed by atoms with E-state index in [0.29, 0.717) is 25.7 Å². The van der Waals surface area contributed by atoms with Crippen molar-refractivity contribution >= 4 is 39.5 Å². The zero-order valence-corrected chi connectivity index (χ0v) is 64.3. The molecule has 0 aliphatic carbocycles. The van der Waals surface area contributed by atoms with Crippen LogP contribution in [0.1, 0.15) is 407 Å². The summed E-state index contributed by atoms with van der Waals surface area (Å²) >= 11 is 0. The number of ether oxygens (including phenoxy) is 4. The van der Waals surface area contributed by atoms with Gasteiger partial charge >= 0.3 is 39.5 Å². The smallest absolute Gasteiger partial charge is 0.462 e. The summed E-state index contributed by atoms with van der Waals surface area (Å²) in [5.41, 5.74) is 0. The Kier molecular flexibility index (Phi) is 68.7. The Morgan fingerprint density at radius 1 is 0.281 bits per heavy atom. The van der Waals surface area contributed by atoms with Crippen molar-refractivity contribution in [1.82, 2.24) is 0 Å². The van der Waals surface area contributed by atoms with Crippen molar-refractivity contribution < 1.29 is 80.2 Å². The summed E-state index contributed by atoms with van der Waals surface area (Å²) in [5, 5.41) is 10.6. The molecule has 0 rings (SSSR count). The monoisotopic (exact) mass is 1410 g/mol. The first-order chi connectivity index (χ1) is 46.5. The summed E-state index contributed by atoms with van der Waals surface area (Å²) in [6, 6.07) is 0. The molecule has 5 atom stereocenters. The average molecular weight is 1410 g/mol. The van der Waals surface area contributed by atoms with E-state index in [1.165, 1.54) is 225 Å². The molecule has 0 amide bonds. The maximum absolute atomic E-state index is 13.1. The van der Waals surface area contributed by atoms with Gasteiger partial charge in [-0.2, -0.15) is 0 Å². The summed E-state index contributed by atoms with van der Waals surface area (Å²) < 4.78 is 68.3. The standard InChI is InChI=1S/C77H150O17P2/c1-6-9-12-15-17-19-21-23-24-25-26-27-28-29-30-36-40-44-48-53-58-63-77(82)94-73(67-88-75(80)61-56-51-46-42-38-35-32-31-34-37-41-45-50-54-59-70(4)5)69-92-96(85,86)90-65-71(78)64-89-95(83,84)91-68-72(66-87-74(79)60-55-49-14-11-8-3)93-76(81)62-57-52-47-43-39-33-22-20-18-16-13-10-7-2/h70-73,78H,6-69H2,1-5H3,(H,83,84)(H,85,86)/t71-,72+,73+/m0/s1. The zero-order valence-electron chi connectivity index (χ0n) is 62.5. The Balaban J connectivity index is 5.12. The lowest BCUT2D eigenvalue weighted by Crippen LogP contribution is -2.30. The van der Waals surface area contributed by atoms with Crippen LogP contribution >= 0.6 is 15.6 Å². The van der Waals surface area contributed by atoms with Crippen LogP contribution in [0.15, 0.2) is 0 Å². The van der Waals surface area contributed by atoms with Gasteiger partial charge in [-0.1, -0.05) is 356 Å². The number of carbonyl (C=O) groups is 4. The van der Waals surface area contributed by atoms with E-state index in [1.807, 2.05) is 0 Å². The molecule has 570 valence electrons. The van der Waals surface area contributed by atoms with Crippen LogP contribution < -0.4 is 0 Å². The Morgan fingerprint density at radius 2 is 0.479 bits per heavy atom. The fourth-order valence-electron chi connectivity index (χ4n) is 11.9. The lowest BCUT2D eigenvalue weighted by Gasteiger charge is -2.21. The zero-order chi connectivity index (χ0) is 70.5. The van der Waals surface area contributed by atoms with E-state index >= 15 is 0 Å². The van der Waals surface area contributed by atoms with Crippen molar-refractivity contribution in [3.63, 3.8) is 0 Å². The highest BCUT2D eigenvalue weighted by atomic mass is 31.2. The summed E-state index contributed by atoms with van der Waals surface area (Å²) in [6.07, 6.45) is 60.1. The third kappa shape index (κ3) is 70.5. The van der Waals surface area contributed by atoms with Crippen molar-refractivity contribution in [2.75, 3.05) is 39.6 Å². The fourth-order valence-corrected chi connectivity index (χ4v) is 13.5. The molecule has 0 aliphatic rings. The first kappa shape index (κ1) is 94.1. The van der Waals surface area contributed by atoms with Crippen molar-refractivity contribution in [2.24, 2.45) is 5.92 Å². The molecule has 0 saturated carbocycles. The maximum atomic E-state index is 13.1. The van der Waals surface area contributed by atoms with E-state index in [-0.39, 0.29) is 25.7 Å². The van der Waals surface area contributed by atoms with E-state index in [9.17, 15) is 43.2 Å². The number of aliphatic hydroxyl groups is 1. The van der Waals surface area contributed by atoms with Gasteiger partial charge in [-0.25, -0.2) is 9.13 Å². The van der Waals surface area contributed by atoms with Gasteiger partial charge < -0.3 is 33.8 Å². The molecule has 0 aromatic rings. The number of aliphatic hydroxyl groups excluding tert-OH is 1. The molecule has 3 N–H and O–H groups in total. The molecule has 0 fully saturated rings. The average Bonchev–Trinajstić information content (AvgIpc) is 1.12. The molecule has 0 spiro atoms. The minimum absolute atomic E-state index is 0.107. The van der Waals surface area contributed by atoms with Gasteiger partial charge in [0.15, 0.2) is 12.2 Å². The first-order valence-electron chi connectivity index (χ1n) is 40.1. The molecule has 0 heterocycles. The van der Waals surface area contributed by atoms with Gasteiger partial charge in [-0.3, -0.25) is 37.3 Å². The fraction of sp³-hybridized carbons (Fsp3) is 0.948. The van der Waals surface area contributed by atoms with Gasteiger partial charge in [0.25, 0.3) is 0 Å². The first-order valence-corrected chi connectivity index (χ1v) is 43.1. The van der Waals surface area contributed by atoms with E-state index in [2.05, 4.69) is 34.6 Å². The van der Waals surface area contributed by atoms with Crippen LogP contribution in [-0.4, -0.2) is 96.7 Å². The topological polar surface area (TPSA) is 237 Å². The third-order valence-electron chi connectivity index (χ3n) is 18.0. The molecule has 0 aliphatic heterocycles. The minimum Gasteiger partial charge on any atom is -0.462 e. The van der Waals surface area contributed by atoms with Gasteiger partial charge in [-0.15, -0.1) is 0 Å². The highest BCUT2D eigenvalue weighted by molar-refractivity contribution is 7.47. The summed E-state index contributed by atoms with van der Waals surface area (Å²) in [5.74, 6) is -1.32. The SMILES string of the molecule is CCCCCCCCCCCCCCCCCCCCCCCC(=O)O[C@H](COC(=O)CCCCCCCCCCCCCCCCC(C)C)COP(=O)(O)OC[C@@H](O)COP(=O)(O)OC[C@@H](COC(=O)CCCCCCC)OC(=O)CCCCCCCCCCCCCCC. The molecule has 0 saturated heterocycles. The van der Waals surface area contributed by atoms with Gasteiger partial charge in [0.2, 0.25) is 0 Å². The second-order valence-electron chi connectivity index (χ2n) is 28.2. The summed E-state index contributed by atoms with van der Waals surface area (Å²) in [7, 11) is -9.90. The van der Waals surface area contributed by atoms with E-state index in [0.717, 1.165) is 102 Å². The van der Waals surface area contributed by atoms with Crippen molar-refractivity contribution in [3.05, 3.63) is 0 Å². The lowest BCUT2D eigenvalue weighted by molar-refractivity contribution is -0.161. The Bertz CT molecular complexity index is 1840. The molecule has 17 nitrogen and oxygen atoms in total. The van der Waals surface area contributed by atoms with Crippen LogP contribution in [0.25, 0.3) is 0 Å². The molecule has 96 heavy (non-hydrogen) atoms. The van der Waals surface area contributed by atoms with Crippen LogP contribution in [0.2, 0.25) is 0 Å². The van der Waals surface area contributed by atoms with Crippen LogP contribution in [0.3, 0.4) is 0 Å². The maximum Gasteiger partial charge on any atom is 0.472 e. The quantitative estimate of drug-likeness (QED) is 0.0222. The third-order valence-corrected chi connectivity index (χ3v) is 19.9. The van der Waals surface area contributed by atoms with Crippen LogP contribution in [-0.2, 0) is 65.4 Å². The van der Waals surface area contributed by atoms with Crippen molar-refractivity contribution in [1.29, 1.82) is 0 Å². The molecule has 0 radical (unpaired) electrons. The second kappa shape index (κ2) is 70.1.